The fourth-order valence-corrected chi connectivity index (χ4v) is 2.54. The average Bonchev–Trinajstić information content (AvgIpc) is 3.08. The number of aliphatic imine (C=N–C) groups is 1. The Morgan fingerprint density at radius 2 is 1.96 bits per heavy atom. The molecule has 0 saturated carbocycles. The molecule has 1 aliphatic rings. The Morgan fingerprint density at radius 3 is 2.70 bits per heavy atom. The minimum atomic E-state index is 0.523. The van der Waals surface area contributed by atoms with Crippen LogP contribution in [0.2, 0.25) is 5.02 Å². The van der Waals surface area contributed by atoms with Crippen molar-refractivity contribution in [3.63, 3.8) is 0 Å². The Kier molecular flexibility index (Phi) is 4.92. The molecular weight excluding hydrogens is 318 g/mol. The van der Waals surface area contributed by atoms with Gasteiger partial charge in [-0.05, 0) is 23.8 Å². The zero-order valence-corrected chi connectivity index (χ0v) is 13.5. The average molecular weight is 336 g/mol. The fraction of sp³-hybridized carbons (Fsp3) is 0.312. The Labute approximate surface area is 139 Å². The van der Waals surface area contributed by atoms with E-state index in [2.05, 4.69) is 15.6 Å². The molecule has 0 saturated heterocycles. The second kappa shape index (κ2) is 7.28. The van der Waals surface area contributed by atoms with E-state index in [-0.39, 0.29) is 0 Å². The number of benzene rings is 1. The van der Waals surface area contributed by atoms with Crippen LogP contribution in [0.1, 0.15) is 11.1 Å². The lowest BCUT2D eigenvalue weighted by molar-refractivity contribution is 0.171. The van der Waals surface area contributed by atoms with Crippen LogP contribution in [0.3, 0.4) is 0 Å². The first-order chi connectivity index (χ1) is 11.3. The molecule has 1 aromatic carbocycles. The molecule has 0 radical (unpaired) electrons. The minimum absolute atomic E-state index is 0.523. The van der Waals surface area contributed by atoms with Crippen molar-refractivity contribution in [3.05, 3.63) is 46.9 Å². The van der Waals surface area contributed by atoms with Gasteiger partial charge in [-0.15, -0.1) is 0 Å². The van der Waals surface area contributed by atoms with Crippen LogP contribution in [0.15, 0.2) is 40.1 Å². The number of nitrogens with zero attached hydrogens (tertiary/aromatic N) is 1. The van der Waals surface area contributed by atoms with Crippen LogP contribution < -0.4 is 20.1 Å². The molecule has 0 aliphatic carbocycles. The molecular formula is C16H18ClN3O3. The number of hydrogen-bond donors (Lipinski definition) is 2. The van der Waals surface area contributed by atoms with Crippen molar-refractivity contribution in [2.24, 2.45) is 4.99 Å². The molecule has 2 heterocycles. The second-order valence-corrected chi connectivity index (χ2v) is 5.42. The highest BCUT2D eigenvalue weighted by molar-refractivity contribution is 6.32. The summed E-state index contributed by atoms with van der Waals surface area (Å²) in [7, 11) is 1.72. The number of furan rings is 1. The van der Waals surface area contributed by atoms with Gasteiger partial charge in [0.2, 0.25) is 0 Å². The van der Waals surface area contributed by atoms with Crippen molar-refractivity contribution < 1.29 is 13.9 Å². The van der Waals surface area contributed by atoms with Gasteiger partial charge in [0.25, 0.3) is 0 Å². The third kappa shape index (κ3) is 3.90. The van der Waals surface area contributed by atoms with Gasteiger partial charge in [0.1, 0.15) is 13.2 Å². The van der Waals surface area contributed by atoms with Gasteiger partial charge in [-0.1, -0.05) is 11.6 Å². The predicted molar refractivity (Wildman–Crippen MR) is 88.2 cm³/mol. The molecule has 7 heteroatoms. The largest absolute Gasteiger partial charge is 0.486 e. The number of ether oxygens (including phenoxy) is 2. The van der Waals surface area contributed by atoms with Gasteiger partial charge < -0.3 is 24.5 Å². The Bertz CT molecular complexity index is 686. The summed E-state index contributed by atoms with van der Waals surface area (Å²) in [6.07, 6.45) is 3.34. The number of halogens is 1. The molecule has 2 N–H and O–H groups in total. The summed E-state index contributed by atoms with van der Waals surface area (Å²) in [5.41, 5.74) is 2.04. The standard InChI is InChI=1S/C16H18ClN3O3/c1-18-16(19-8-11-2-3-21-10-11)20-9-12-6-13(17)15-14(7-12)22-4-5-23-15/h2-3,6-7,10H,4-5,8-9H2,1H3,(H2,18,19,20). The normalized spacial score (nSPS) is 13.7. The van der Waals surface area contributed by atoms with Gasteiger partial charge in [0, 0.05) is 25.7 Å². The molecule has 3 rings (SSSR count). The molecule has 0 atom stereocenters. The summed E-state index contributed by atoms with van der Waals surface area (Å²) < 4.78 is 16.1. The summed E-state index contributed by atoms with van der Waals surface area (Å²) in [5.74, 6) is 1.99. The summed E-state index contributed by atoms with van der Waals surface area (Å²) in [4.78, 5) is 4.19. The van der Waals surface area contributed by atoms with E-state index in [1.165, 1.54) is 0 Å². The highest BCUT2D eigenvalue weighted by Crippen LogP contribution is 2.38. The maximum atomic E-state index is 6.24. The van der Waals surface area contributed by atoms with E-state index in [4.69, 9.17) is 25.5 Å². The van der Waals surface area contributed by atoms with Crippen LogP contribution in [0.25, 0.3) is 0 Å². The van der Waals surface area contributed by atoms with Crippen molar-refractivity contribution >= 4 is 17.6 Å². The topological polar surface area (TPSA) is 68.0 Å². The molecule has 1 aliphatic heterocycles. The summed E-state index contributed by atoms with van der Waals surface area (Å²) in [6, 6.07) is 5.70. The zero-order chi connectivity index (χ0) is 16.1. The van der Waals surface area contributed by atoms with Gasteiger partial charge >= 0.3 is 0 Å². The first-order valence-corrected chi connectivity index (χ1v) is 7.67. The maximum Gasteiger partial charge on any atom is 0.191 e. The van der Waals surface area contributed by atoms with Crippen LogP contribution in [-0.2, 0) is 13.1 Å². The molecule has 6 nitrogen and oxygen atoms in total. The Hall–Kier alpha value is -2.34. The Morgan fingerprint density at radius 1 is 1.17 bits per heavy atom. The summed E-state index contributed by atoms with van der Waals surface area (Å²) in [6.45, 7) is 2.27. The number of rotatable bonds is 4. The van der Waals surface area contributed by atoms with E-state index in [0.29, 0.717) is 48.8 Å². The van der Waals surface area contributed by atoms with Gasteiger partial charge in [0.05, 0.1) is 17.5 Å². The number of nitrogens with one attached hydrogen (secondary N) is 2. The molecule has 0 bridgehead atoms. The van der Waals surface area contributed by atoms with Crippen molar-refractivity contribution in [2.45, 2.75) is 13.1 Å². The third-order valence-electron chi connectivity index (χ3n) is 3.38. The van der Waals surface area contributed by atoms with Crippen molar-refractivity contribution in [1.29, 1.82) is 0 Å². The first kappa shape index (κ1) is 15.6. The summed E-state index contributed by atoms with van der Waals surface area (Å²) in [5, 5.41) is 7.00. The van der Waals surface area contributed by atoms with E-state index in [9.17, 15) is 0 Å². The van der Waals surface area contributed by atoms with Gasteiger partial charge in [0.15, 0.2) is 17.5 Å². The van der Waals surface area contributed by atoms with Gasteiger partial charge in [-0.3, -0.25) is 4.99 Å². The molecule has 0 spiro atoms. The summed E-state index contributed by atoms with van der Waals surface area (Å²) >= 11 is 6.24. The molecule has 1 aromatic heterocycles. The quantitative estimate of drug-likeness (QED) is 0.664. The molecule has 2 aromatic rings. The molecule has 0 fully saturated rings. The smallest absolute Gasteiger partial charge is 0.191 e. The zero-order valence-electron chi connectivity index (χ0n) is 12.8. The number of guanidine groups is 1. The van der Waals surface area contributed by atoms with Crippen molar-refractivity contribution in [1.82, 2.24) is 10.6 Å². The monoisotopic (exact) mass is 335 g/mol. The van der Waals surface area contributed by atoms with Crippen LogP contribution in [0.4, 0.5) is 0 Å². The highest BCUT2D eigenvalue weighted by atomic mass is 35.5. The van der Waals surface area contributed by atoms with Crippen LogP contribution in [0, 0.1) is 0 Å². The third-order valence-corrected chi connectivity index (χ3v) is 3.66. The Balaban J connectivity index is 1.59. The SMILES string of the molecule is CN=C(NCc1ccoc1)NCc1cc(Cl)c2c(c1)OCCO2. The minimum Gasteiger partial charge on any atom is -0.486 e. The van der Waals surface area contributed by atoms with E-state index in [1.54, 1.807) is 19.6 Å². The first-order valence-electron chi connectivity index (χ1n) is 7.30. The van der Waals surface area contributed by atoms with E-state index in [0.717, 1.165) is 11.1 Å². The number of fused-ring (bicyclic) bond motifs is 1. The van der Waals surface area contributed by atoms with Crippen molar-refractivity contribution in [2.75, 3.05) is 20.3 Å². The van der Waals surface area contributed by atoms with Gasteiger partial charge in [-0.25, -0.2) is 0 Å². The molecule has 23 heavy (non-hydrogen) atoms. The number of hydrogen-bond acceptors (Lipinski definition) is 4. The van der Waals surface area contributed by atoms with Crippen LogP contribution in [0.5, 0.6) is 11.5 Å². The molecule has 0 amide bonds. The van der Waals surface area contributed by atoms with E-state index >= 15 is 0 Å². The lowest BCUT2D eigenvalue weighted by Gasteiger charge is -2.20. The molecule has 122 valence electrons. The van der Waals surface area contributed by atoms with Crippen molar-refractivity contribution in [3.8, 4) is 11.5 Å². The van der Waals surface area contributed by atoms with E-state index < -0.39 is 0 Å². The van der Waals surface area contributed by atoms with Gasteiger partial charge in [-0.2, -0.15) is 0 Å². The fourth-order valence-electron chi connectivity index (χ4n) is 2.25. The predicted octanol–water partition coefficient (Wildman–Crippen LogP) is 2.57. The van der Waals surface area contributed by atoms with Crippen LogP contribution in [-0.4, -0.2) is 26.2 Å². The lowest BCUT2D eigenvalue weighted by atomic mass is 10.2. The van der Waals surface area contributed by atoms with Crippen LogP contribution >= 0.6 is 11.6 Å². The molecule has 0 unspecified atom stereocenters. The highest BCUT2D eigenvalue weighted by Gasteiger charge is 2.16. The van der Waals surface area contributed by atoms with E-state index in [1.807, 2.05) is 18.2 Å². The lowest BCUT2D eigenvalue weighted by Crippen LogP contribution is -2.36. The maximum absolute atomic E-state index is 6.24. The second-order valence-electron chi connectivity index (χ2n) is 5.01.